The van der Waals surface area contributed by atoms with Crippen LogP contribution in [-0.2, 0) is 9.57 Å². The Morgan fingerprint density at radius 3 is 2.62 bits per heavy atom. The second-order valence-electron chi connectivity index (χ2n) is 10.8. The molecule has 3 aromatic rings. The van der Waals surface area contributed by atoms with E-state index in [-0.39, 0.29) is 24.1 Å². The summed E-state index contributed by atoms with van der Waals surface area (Å²) in [5.74, 6) is 1.33. The van der Waals surface area contributed by atoms with Gasteiger partial charge in [0.1, 0.15) is 17.2 Å². The number of rotatable bonds is 5. The number of nitrogens with zero attached hydrogens (tertiary/aromatic N) is 7. The topological polar surface area (TPSA) is 161 Å². The number of hydroxylamine groups is 2. The number of piperazine rings is 1. The van der Waals surface area contributed by atoms with E-state index in [9.17, 15) is 9.59 Å². The number of ether oxygens (including phenoxy) is 2. The highest BCUT2D eigenvalue weighted by Gasteiger charge is 2.34. The predicted molar refractivity (Wildman–Crippen MR) is 149 cm³/mol. The van der Waals surface area contributed by atoms with Crippen LogP contribution in [0.4, 0.5) is 27.0 Å². The van der Waals surface area contributed by atoms with Gasteiger partial charge in [0.2, 0.25) is 11.8 Å². The normalized spacial score (nSPS) is 18.4. The lowest BCUT2D eigenvalue weighted by molar-refractivity contribution is -0.207. The van der Waals surface area contributed by atoms with Crippen LogP contribution in [0.15, 0.2) is 17.8 Å². The molecule has 0 saturated carbocycles. The Hall–Kier alpha value is -3.98. The maximum atomic E-state index is 13.1. The number of fused-ring (bicyclic) bond motifs is 1. The van der Waals surface area contributed by atoms with Crippen molar-refractivity contribution >= 4 is 51.3 Å². The van der Waals surface area contributed by atoms with Crippen molar-refractivity contribution in [1.82, 2.24) is 29.9 Å². The second-order valence-corrected chi connectivity index (χ2v) is 11.6. The minimum Gasteiger partial charge on any atom is -0.471 e. The van der Waals surface area contributed by atoms with Crippen LogP contribution < -0.4 is 20.7 Å². The van der Waals surface area contributed by atoms with E-state index in [2.05, 4.69) is 30.2 Å². The molecule has 5 heterocycles. The van der Waals surface area contributed by atoms with Crippen LogP contribution in [-0.4, -0.2) is 92.6 Å². The Balaban J connectivity index is 1.12. The Kier molecular flexibility index (Phi) is 7.51. The molecule has 1 atom stereocenters. The van der Waals surface area contributed by atoms with E-state index in [0.717, 1.165) is 15.9 Å². The first-order valence-electron chi connectivity index (χ1n) is 12.9. The highest BCUT2D eigenvalue weighted by Crippen LogP contribution is 2.29. The molecule has 15 heteroatoms. The third-order valence-corrected chi connectivity index (χ3v) is 7.12. The van der Waals surface area contributed by atoms with Crippen molar-refractivity contribution < 1.29 is 23.9 Å². The lowest BCUT2D eigenvalue weighted by Crippen LogP contribution is -2.55. The van der Waals surface area contributed by atoms with E-state index in [1.54, 1.807) is 43.4 Å². The molecule has 214 valence electrons. The van der Waals surface area contributed by atoms with Crippen molar-refractivity contribution in [2.75, 3.05) is 48.7 Å². The molecule has 2 aliphatic rings. The molecule has 3 aromatic heterocycles. The van der Waals surface area contributed by atoms with Crippen LogP contribution in [0, 0.1) is 6.92 Å². The van der Waals surface area contributed by atoms with Gasteiger partial charge in [-0.3, -0.25) is 0 Å². The summed E-state index contributed by atoms with van der Waals surface area (Å²) in [4.78, 5) is 52.1. The van der Waals surface area contributed by atoms with E-state index >= 15 is 0 Å². The number of aromatic nitrogens is 4. The number of aryl methyl sites for hydroxylation is 1. The molecule has 0 radical (unpaired) electrons. The molecule has 0 spiro atoms. The number of amides is 2. The number of carbonyl (C=O) groups excluding carboxylic acids is 2. The number of nitrogens with one attached hydrogen (secondary N) is 1. The maximum Gasteiger partial charge on any atom is 0.528 e. The fraction of sp³-hybridized carbons (Fsp3) is 0.520. The summed E-state index contributed by atoms with van der Waals surface area (Å²) >= 11 is 1.42. The first-order valence-corrected chi connectivity index (χ1v) is 13.8. The number of hydrogen-bond donors (Lipinski definition) is 2. The molecule has 2 amide bonds. The molecule has 5 rings (SSSR count). The van der Waals surface area contributed by atoms with Crippen molar-refractivity contribution in [1.29, 1.82) is 0 Å². The summed E-state index contributed by atoms with van der Waals surface area (Å²) < 4.78 is 11.0. The molecule has 2 fully saturated rings. The molecule has 40 heavy (non-hydrogen) atoms. The van der Waals surface area contributed by atoms with Gasteiger partial charge in [-0.2, -0.15) is 4.98 Å². The molecule has 2 aliphatic heterocycles. The lowest BCUT2D eigenvalue weighted by Gasteiger charge is -2.40. The minimum absolute atomic E-state index is 0.00459. The van der Waals surface area contributed by atoms with Gasteiger partial charge in [-0.15, -0.1) is 16.4 Å². The number of thiazole rings is 1. The van der Waals surface area contributed by atoms with Crippen molar-refractivity contribution in [3.8, 4) is 5.88 Å². The molecular weight excluding hydrogens is 538 g/mol. The van der Waals surface area contributed by atoms with Crippen LogP contribution in [0.25, 0.3) is 10.3 Å². The van der Waals surface area contributed by atoms with Gasteiger partial charge in [-0.05, 0) is 40.2 Å². The van der Waals surface area contributed by atoms with Crippen LogP contribution in [0.2, 0.25) is 0 Å². The van der Waals surface area contributed by atoms with Gasteiger partial charge in [0.05, 0.1) is 30.5 Å². The standard InChI is InChI=1S/C25H33N9O5S/c1-14-8-18(37-16-11-33(12-16)39-24(36)38-25(3,4)5)27-9-17(14)29-23(35)32-6-7-34(15(2)10-32)20-19-21(40-13-28-19)31-22(26)30-20/h8-9,13,15-16H,6-7,10-12H2,1-5H3,(H,29,35)(H2,26,30,31)/t15-/m0/s1. The predicted octanol–water partition coefficient (Wildman–Crippen LogP) is 3.04. The summed E-state index contributed by atoms with van der Waals surface area (Å²) in [5, 5.41) is 4.43. The summed E-state index contributed by atoms with van der Waals surface area (Å²) in [6.07, 6.45) is 0.660. The number of urea groups is 1. The number of anilines is 3. The molecule has 14 nitrogen and oxygen atoms in total. The molecule has 0 aliphatic carbocycles. The van der Waals surface area contributed by atoms with Gasteiger partial charge in [-0.25, -0.2) is 24.5 Å². The third kappa shape index (κ3) is 6.25. The zero-order valence-corrected chi connectivity index (χ0v) is 23.9. The Bertz CT molecular complexity index is 1410. The summed E-state index contributed by atoms with van der Waals surface area (Å²) in [7, 11) is 0. The van der Waals surface area contributed by atoms with Crippen molar-refractivity contribution in [2.24, 2.45) is 0 Å². The van der Waals surface area contributed by atoms with Crippen LogP contribution in [0.3, 0.4) is 0 Å². The third-order valence-electron chi connectivity index (χ3n) is 6.41. The number of nitrogen functional groups attached to an aromatic ring is 1. The quantitative estimate of drug-likeness (QED) is 0.431. The Morgan fingerprint density at radius 1 is 1.15 bits per heavy atom. The molecule has 0 aromatic carbocycles. The van der Waals surface area contributed by atoms with Gasteiger partial charge in [0.25, 0.3) is 0 Å². The van der Waals surface area contributed by atoms with Gasteiger partial charge < -0.3 is 35.2 Å². The molecular formula is C25H33N9O5S. The largest absolute Gasteiger partial charge is 0.528 e. The first-order chi connectivity index (χ1) is 18.9. The Morgan fingerprint density at radius 2 is 1.93 bits per heavy atom. The number of nitrogens with two attached hydrogens (primary N) is 1. The van der Waals surface area contributed by atoms with E-state index in [0.29, 0.717) is 50.1 Å². The van der Waals surface area contributed by atoms with Crippen molar-refractivity contribution in [3.05, 3.63) is 23.3 Å². The Labute approximate surface area is 235 Å². The fourth-order valence-electron chi connectivity index (χ4n) is 4.43. The monoisotopic (exact) mass is 571 g/mol. The van der Waals surface area contributed by atoms with Gasteiger partial charge in [0, 0.05) is 31.7 Å². The highest BCUT2D eigenvalue weighted by molar-refractivity contribution is 7.16. The zero-order valence-electron chi connectivity index (χ0n) is 23.1. The van der Waals surface area contributed by atoms with E-state index in [4.69, 9.17) is 20.0 Å². The van der Waals surface area contributed by atoms with Gasteiger partial charge in [0.15, 0.2) is 10.6 Å². The van der Waals surface area contributed by atoms with E-state index in [1.807, 2.05) is 13.8 Å². The van der Waals surface area contributed by atoms with Gasteiger partial charge >= 0.3 is 12.2 Å². The zero-order chi connectivity index (χ0) is 28.6. The average molecular weight is 572 g/mol. The molecule has 2 saturated heterocycles. The molecule has 3 N–H and O–H groups in total. The summed E-state index contributed by atoms with van der Waals surface area (Å²) in [6.45, 7) is 11.6. The summed E-state index contributed by atoms with van der Waals surface area (Å²) in [6, 6.07) is 1.56. The molecule has 0 unspecified atom stereocenters. The van der Waals surface area contributed by atoms with Crippen LogP contribution >= 0.6 is 11.3 Å². The van der Waals surface area contributed by atoms with Crippen molar-refractivity contribution in [3.63, 3.8) is 0 Å². The SMILES string of the molecule is Cc1cc(OC2CN(OC(=O)OC(C)(C)C)C2)ncc1NC(=O)N1CCN(c2nc(N)nc3scnc23)[C@@H](C)C1. The number of carbonyl (C=O) groups is 2. The van der Waals surface area contributed by atoms with Crippen LogP contribution in [0.5, 0.6) is 5.88 Å². The summed E-state index contributed by atoms with van der Waals surface area (Å²) in [5.41, 5.74) is 9.16. The lowest BCUT2D eigenvalue weighted by atomic mass is 10.2. The van der Waals surface area contributed by atoms with E-state index in [1.165, 1.54) is 16.4 Å². The number of pyridine rings is 1. The first kappa shape index (κ1) is 27.6. The maximum absolute atomic E-state index is 13.1. The smallest absolute Gasteiger partial charge is 0.471 e. The molecule has 0 bridgehead atoms. The van der Waals surface area contributed by atoms with Crippen LogP contribution in [0.1, 0.15) is 33.3 Å². The van der Waals surface area contributed by atoms with Gasteiger partial charge in [-0.1, -0.05) is 0 Å². The highest BCUT2D eigenvalue weighted by atomic mass is 32.1. The number of hydrogen-bond acceptors (Lipinski definition) is 13. The second kappa shape index (κ2) is 10.9. The van der Waals surface area contributed by atoms with E-state index < -0.39 is 11.8 Å². The fourth-order valence-corrected chi connectivity index (χ4v) is 5.09. The minimum atomic E-state index is -0.744. The average Bonchev–Trinajstić information content (AvgIpc) is 3.31. The van der Waals surface area contributed by atoms with Crippen molar-refractivity contribution in [2.45, 2.75) is 52.4 Å².